The lowest BCUT2D eigenvalue weighted by Crippen LogP contribution is -2.29. The summed E-state index contributed by atoms with van der Waals surface area (Å²) in [5.74, 6) is -0.280. The highest BCUT2D eigenvalue weighted by Crippen LogP contribution is 2.43. The molecular weight excluding hydrogens is 462 g/mol. The van der Waals surface area contributed by atoms with Crippen LogP contribution in [0.25, 0.3) is 5.76 Å². The molecule has 0 aliphatic carbocycles. The van der Waals surface area contributed by atoms with Crippen molar-refractivity contribution in [3.05, 3.63) is 130 Å². The van der Waals surface area contributed by atoms with Gasteiger partial charge < -0.3 is 9.84 Å². The monoisotopic (exact) mass is 489 g/mol. The molecule has 4 aromatic rings. The zero-order chi connectivity index (χ0) is 26.1. The Morgan fingerprint density at radius 1 is 0.757 bits per heavy atom. The van der Waals surface area contributed by atoms with E-state index in [2.05, 4.69) is 0 Å². The number of carbonyl (C=O) groups excluding carboxylic acids is 2. The van der Waals surface area contributed by atoms with Crippen LogP contribution >= 0.6 is 0 Å². The highest BCUT2D eigenvalue weighted by Gasteiger charge is 2.47. The van der Waals surface area contributed by atoms with Crippen LogP contribution in [-0.4, -0.2) is 16.8 Å². The summed E-state index contributed by atoms with van der Waals surface area (Å²) in [5.41, 5.74) is 4.90. The largest absolute Gasteiger partial charge is 0.507 e. The molecule has 0 spiro atoms. The van der Waals surface area contributed by atoms with Crippen molar-refractivity contribution in [3.8, 4) is 11.5 Å². The van der Waals surface area contributed by atoms with E-state index >= 15 is 0 Å². The minimum atomic E-state index is -0.776. The number of aliphatic hydroxyl groups is 1. The van der Waals surface area contributed by atoms with Gasteiger partial charge in [0.1, 0.15) is 17.3 Å². The van der Waals surface area contributed by atoms with Crippen LogP contribution in [0, 0.1) is 20.8 Å². The second-order valence-electron chi connectivity index (χ2n) is 9.29. The molecule has 184 valence electrons. The lowest BCUT2D eigenvalue weighted by Gasteiger charge is -2.26. The van der Waals surface area contributed by atoms with E-state index in [0.29, 0.717) is 22.7 Å². The first-order valence-corrected chi connectivity index (χ1v) is 12.1. The smallest absolute Gasteiger partial charge is 0.300 e. The molecular formula is C32H27NO4. The van der Waals surface area contributed by atoms with Gasteiger partial charge in [0.05, 0.1) is 11.6 Å². The SMILES string of the molecule is Cc1cccc(C2/C(=C(/O)c3ccc(C)c(C)c3)C(=O)C(=O)N2c2ccc(Oc3ccccc3)cc2)c1. The van der Waals surface area contributed by atoms with Crippen LogP contribution in [0.3, 0.4) is 0 Å². The fourth-order valence-corrected chi connectivity index (χ4v) is 4.60. The van der Waals surface area contributed by atoms with Crippen LogP contribution in [0.5, 0.6) is 11.5 Å². The van der Waals surface area contributed by atoms with Gasteiger partial charge in [-0.05, 0) is 79.9 Å². The summed E-state index contributed by atoms with van der Waals surface area (Å²) in [6.07, 6.45) is 0. The van der Waals surface area contributed by atoms with E-state index in [9.17, 15) is 14.7 Å². The minimum absolute atomic E-state index is 0.0727. The first-order chi connectivity index (χ1) is 17.8. The minimum Gasteiger partial charge on any atom is -0.507 e. The summed E-state index contributed by atoms with van der Waals surface area (Å²) in [5, 5.41) is 11.4. The number of hydrogen-bond acceptors (Lipinski definition) is 4. The van der Waals surface area contributed by atoms with Gasteiger partial charge in [0.15, 0.2) is 0 Å². The van der Waals surface area contributed by atoms with Crippen molar-refractivity contribution in [1.29, 1.82) is 0 Å². The van der Waals surface area contributed by atoms with Crippen LogP contribution in [0.4, 0.5) is 5.69 Å². The third-order valence-corrected chi connectivity index (χ3v) is 6.68. The molecule has 5 heteroatoms. The molecule has 1 heterocycles. The number of carbonyl (C=O) groups is 2. The molecule has 1 N–H and O–H groups in total. The Labute approximate surface area is 216 Å². The summed E-state index contributed by atoms with van der Waals surface area (Å²) >= 11 is 0. The molecule has 1 amide bonds. The van der Waals surface area contributed by atoms with Crippen molar-refractivity contribution in [3.63, 3.8) is 0 Å². The van der Waals surface area contributed by atoms with Crippen LogP contribution in [0.2, 0.25) is 0 Å². The van der Waals surface area contributed by atoms with E-state index in [4.69, 9.17) is 4.74 Å². The normalized spacial score (nSPS) is 16.7. The van der Waals surface area contributed by atoms with Gasteiger partial charge in [0, 0.05) is 11.3 Å². The molecule has 0 aromatic heterocycles. The molecule has 37 heavy (non-hydrogen) atoms. The van der Waals surface area contributed by atoms with Crippen LogP contribution < -0.4 is 9.64 Å². The van der Waals surface area contributed by atoms with E-state index in [-0.39, 0.29) is 11.3 Å². The van der Waals surface area contributed by atoms with E-state index in [1.807, 2.05) is 87.5 Å². The molecule has 0 saturated carbocycles. The average molecular weight is 490 g/mol. The van der Waals surface area contributed by atoms with Crippen molar-refractivity contribution >= 4 is 23.1 Å². The number of nitrogens with zero attached hydrogens (tertiary/aromatic N) is 1. The number of para-hydroxylation sites is 1. The molecule has 0 bridgehead atoms. The second-order valence-corrected chi connectivity index (χ2v) is 9.29. The molecule has 1 aliphatic heterocycles. The van der Waals surface area contributed by atoms with E-state index in [1.54, 1.807) is 30.3 Å². The molecule has 5 nitrogen and oxygen atoms in total. The molecule has 1 unspecified atom stereocenters. The van der Waals surface area contributed by atoms with Gasteiger partial charge in [0.25, 0.3) is 11.7 Å². The zero-order valence-electron chi connectivity index (χ0n) is 20.9. The van der Waals surface area contributed by atoms with Crippen molar-refractivity contribution < 1.29 is 19.4 Å². The fourth-order valence-electron chi connectivity index (χ4n) is 4.60. The lowest BCUT2D eigenvalue weighted by atomic mass is 9.93. The fraction of sp³-hybridized carbons (Fsp3) is 0.125. The van der Waals surface area contributed by atoms with Crippen LogP contribution in [0.1, 0.15) is 33.9 Å². The summed E-state index contributed by atoms with van der Waals surface area (Å²) in [6.45, 7) is 5.88. The number of aryl methyl sites for hydroxylation is 3. The quantitative estimate of drug-likeness (QED) is 0.186. The first kappa shape index (κ1) is 24.1. The highest BCUT2D eigenvalue weighted by molar-refractivity contribution is 6.51. The predicted octanol–water partition coefficient (Wildman–Crippen LogP) is 7.03. The van der Waals surface area contributed by atoms with E-state index in [0.717, 1.165) is 22.3 Å². The summed E-state index contributed by atoms with van der Waals surface area (Å²) in [6, 6.07) is 28.8. The maximum absolute atomic E-state index is 13.4. The molecule has 1 saturated heterocycles. The summed E-state index contributed by atoms with van der Waals surface area (Å²) in [4.78, 5) is 28.3. The molecule has 5 rings (SSSR count). The number of Topliss-reactive ketones (excluding diaryl/α,β-unsaturated/α-hetero) is 1. The number of hydrogen-bond donors (Lipinski definition) is 1. The number of ether oxygens (including phenoxy) is 1. The topological polar surface area (TPSA) is 66.8 Å². The van der Waals surface area contributed by atoms with Crippen LogP contribution in [-0.2, 0) is 9.59 Å². The third-order valence-electron chi connectivity index (χ3n) is 6.68. The van der Waals surface area contributed by atoms with Gasteiger partial charge in [-0.3, -0.25) is 14.5 Å². The lowest BCUT2D eigenvalue weighted by molar-refractivity contribution is -0.132. The predicted molar refractivity (Wildman–Crippen MR) is 145 cm³/mol. The van der Waals surface area contributed by atoms with Crippen molar-refractivity contribution in [1.82, 2.24) is 0 Å². The number of rotatable bonds is 5. The van der Waals surface area contributed by atoms with Gasteiger partial charge in [-0.1, -0.05) is 60.2 Å². The van der Waals surface area contributed by atoms with Gasteiger partial charge in [0.2, 0.25) is 0 Å². The summed E-state index contributed by atoms with van der Waals surface area (Å²) in [7, 11) is 0. The third kappa shape index (κ3) is 4.64. The standard InChI is InChI=1S/C32H27NO4/c1-20-8-7-9-23(18-20)29-28(30(34)24-13-12-21(2)22(3)19-24)31(35)32(36)33(29)25-14-16-27(17-15-25)37-26-10-5-4-6-11-26/h4-19,29,34H,1-3H3/b30-28-. The maximum atomic E-state index is 13.4. The number of aliphatic hydroxyl groups excluding tert-OH is 1. The summed E-state index contributed by atoms with van der Waals surface area (Å²) < 4.78 is 5.89. The van der Waals surface area contributed by atoms with Gasteiger partial charge in [-0.2, -0.15) is 0 Å². The van der Waals surface area contributed by atoms with E-state index < -0.39 is 17.7 Å². The second kappa shape index (κ2) is 9.78. The van der Waals surface area contributed by atoms with Crippen molar-refractivity contribution in [2.24, 2.45) is 0 Å². The number of amides is 1. The number of anilines is 1. The molecule has 4 aromatic carbocycles. The molecule has 1 fully saturated rings. The number of ketones is 1. The Morgan fingerprint density at radius 3 is 2.14 bits per heavy atom. The van der Waals surface area contributed by atoms with Gasteiger partial charge in [-0.15, -0.1) is 0 Å². The molecule has 1 atom stereocenters. The molecule has 1 aliphatic rings. The number of benzene rings is 4. The maximum Gasteiger partial charge on any atom is 0.300 e. The molecule has 0 radical (unpaired) electrons. The first-order valence-electron chi connectivity index (χ1n) is 12.1. The Bertz CT molecular complexity index is 1520. The highest BCUT2D eigenvalue weighted by atomic mass is 16.5. The van der Waals surface area contributed by atoms with Gasteiger partial charge >= 0.3 is 0 Å². The Hall–Kier alpha value is -4.64. The Balaban J connectivity index is 1.60. The van der Waals surface area contributed by atoms with Crippen LogP contribution in [0.15, 0.2) is 103 Å². The Morgan fingerprint density at radius 2 is 1.46 bits per heavy atom. The van der Waals surface area contributed by atoms with Crippen molar-refractivity contribution in [2.75, 3.05) is 4.90 Å². The average Bonchev–Trinajstić information content (AvgIpc) is 3.16. The van der Waals surface area contributed by atoms with Crippen molar-refractivity contribution in [2.45, 2.75) is 26.8 Å². The van der Waals surface area contributed by atoms with Gasteiger partial charge in [-0.25, -0.2) is 0 Å². The van der Waals surface area contributed by atoms with E-state index in [1.165, 1.54) is 4.90 Å². The zero-order valence-corrected chi connectivity index (χ0v) is 20.9. The Kier molecular flexibility index (Phi) is 6.36.